The first-order valence-corrected chi connectivity index (χ1v) is 8.28. The van der Waals surface area contributed by atoms with Crippen LogP contribution in [0, 0.1) is 0 Å². The van der Waals surface area contributed by atoms with Crippen LogP contribution in [0.15, 0.2) is 31.0 Å². The molecular weight excluding hydrogens is 320 g/mol. The third-order valence-electron chi connectivity index (χ3n) is 3.86. The van der Waals surface area contributed by atoms with Crippen LogP contribution in [0.2, 0.25) is 0 Å². The van der Waals surface area contributed by atoms with E-state index in [9.17, 15) is 4.79 Å². The lowest BCUT2D eigenvalue weighted by atomic mass is 10.2. The summed E-state index contributed by atoms with van der Waals surface area (Å²) in [5, 5.41) is 8.09. The highest BCUT2D eigenvalue weighted by molar-refractivity contribution is 5.90. The maximum Gasteiger partial charge on any atom is 0.244 e. The van der Waals surface area contributed by atoms with Crippen molar-refractivity contribution in [2.45, 2.75) is 32.9 Å². The number of carbonyl (C=O) groups excluding carboxylic acids is 1. The van der Waals surface area contributed by atoms with Crippen LogP contribution in [0.3, 0.4) is 0 Å². The quantitative estimate of drug-likeness (QED) is 0.639. The SMILES string of the molecule is CC(C)OCCNC(=O)C(C)n1cc(-c2ncnc3[nH]ccc23)cn1. The molecule has 0 saturated carbocycles. The van der Waals surface area contributed by atoms with Crippen LogP contribution in [0.5, 0.6) is 0 Å². The second-order valence-electron chi connectivity index (χ2n) is 6.06. The molecule has 3 aromatic rings. The Morgan fingerprint density at radius 3 is 3.00 bits per heavy atom. The Hall–Kier alpha value is -2.74. The minimum absolute atomic E-state index is 0.100. The lowest BCUT2D eigenvalue weighted by molar-refractivity contribution is -0.124. The summed E-state index contributed by atoms with van der Waals surface area (Å²) in [6.45, 7) is 6.70. The number of aromatic nitrogens is 5. The molecule has 0 aliphatic rings. The van der Waals surface area contributed by atoms with Crippen molar-refractivity contribution < 1.29 is 9.53 Å². The minimum atomic E-state index is -0.420. The summed E-state index contributed by atoms with van der Waals surface area (Å²) in [6, 6.07) is 1.50. The number of nitrogens with one attached hydrogen (secondary N) is 2. The van der Waals surface area contributed by atoms with Crippen molar-refractivity contribution in [2.24, 2.45) is 0 Å². The van der Waals surface area contributed by atoms with Crippen molar-refractivity contribution in [3.05, 3.63) is 31.0 Å². The summed E-state index contributed by atoms with van der Waals surface area (Å²) in [4.78, 5) is 23.8. The molecule has 3 aromatic heterocycles. The molecule has 8 heteroatoms. The number of aromatic amines is 1. The molecule has 8 nitrogen and oxygen atoms in total. The fourth-order valence-corrected chi connectivity index (χ4v) is 2.51. The molecule has 0 aromatic carbocycles. The van der Waals surface area contributed by atoms with Gasteiger partial charge in [0.2, 0.25) is 5.91 Å². The molecule has 0 aliphatic carbocycles. The van der Waals surface area contributed by atoms with Gasteiger partial charge in [0.25, 0.3) is 0 Å². The molecule has 0 spiro atoms. The highest BCUT2D eigenvalue weighted by Gasteiger charge is 2.17. The van der Waals surface area contributed by atoms with Gasteiger partial charge in [-0.2, -0.15) is 5.10 Å². The molecule has 1 unspecified atom stereocenters. The fraction of sp³-hybridized carbons (Fsp3) is 0.412. The summed E-state index contributed by atoms with van der Waals surface area (Å²) >= 11 is 0. The smallest absolute Gasteiger partial charge is 0.244 e. The van der Waals surface area contributed by atoms with E-state index in [4.69, 9.17) is 4.74 Å². The van der Waals surface area contributed by atoms with Crippen LogP contribution in [0.4, 0.5) is 0 Å². The number of fused-ring (bicyclic) bond motifs is 1. The standard InChI is InChI=1S/C17H22N6O2/c1-11(2)25-7-6-19-17(24)12(3)23-9-13(8-22-23)15-14-4-5-18-16(14)21-10-20-15/h4-5,8-12H,6-7H2,1-3H3,(H,19,24)(H,18,20,21). The fourth-order valence-electron chi connectivity index (χ4n) is 2.51. The molecular formula is C17H22N6O2. The van der Waals surface area contributed by atoms with Crippen LogP contribution in [0.25, 0.3) is 22.3 Å². The second kappa shape index (κ2) is 7.43. The predicted molar refractivity (Wildman–Crippen MR) is 93.9 cm³/mol. The Balaban J connectivity index is 1.68. The van der Waals surface area contributed by atoms with Gasteiger partial charge >= 0.3 is 0 Å². The van der Waals surface area contributed by atoms with E-state index < -0.39 is 6.04 Å². The number of H-pyrrole nitrogens is 1. The number of hydrogen-bond acceptors (Lipinski definition) is 5. The molecule has 1 atom stereocenters. The molecule has 132 valence electrons. The van der Waals surface area contributed by atoms with Crippen molar-refractivity contribution in [3.63, 3.8) is 0 Å². The normalized spacial score (nSPS) is 12.6. The first-order chi connectivity index (χ1) is 12.1. The zero-order chi connectivity index (χ0) is 17.8. The minimum Gasteiger partial charge on any atom is -0.377 e. The van der Waals surface area contributed by atoms with Crippen LogP contribution < -0.4 is 5.32 Å². The maximum atomic E-state index is 12.2. The van der Waals surface area contributed by atoms with Crippen LogP contribution in [-0.4, -0.2) is 49.9 Å². The van der Waals surface area contributed by atoms with Gasteiger partial charge in [-0.1, -0.05) is 0 Å². The molecule has 3 heterocycles. The molecule has 0 radical (unpaired) electrons. The molecule has 3 rings (SSSR count). The number of amides is 1. The van der Waals surface area contributed by atoms with E-state index in [1.807, 2.05) is 32.3 Å². The first-order valence-electron chi connectivity index (χ1n) is 8.28. The number of rotatable bonds is 7. The third-order valence-corrected chi connectivity index (χ3v) is 3.86. The Kier molecular flexibility index (Phi) is 5.08. The van der Waals surface area contributed by atoms with Gasteiger partial charge in [-0.15, -0.1) is 0 Å². The van der Waals surface area contributed by atoms with Gasteiger partial charge < -0.3 is 15.0 Å². The van der Waals surface area contributed by atoms with Crippen LogP contribution in [0.1, 0.15) is 26.8 Å². The van der Waals surface area contributed by atoms with Crippen molar-refractivity contribution in [1.29, 1.82) is 0 Å². The van der Waals surface area contributed by atoms with Gasteiger partial charge in [-0.05, 0) is 26.8 Å². The van der Waals surface area contributed by atoms with Gasteiger partial charge in [-0.3, -0.25) is 9.48 Å². The van der Waals surface area contributed by atoms with Gasteiger partial charge in [0.05, 0.1) is 24.6 Å². The molecule has 1 amide bonds. The van der Waals surface area contributed by atoms with E-state index >= 15 is 0 Å². The Bertz CT molecular complexity index is 854. The lowest BCUT2D eigenvalue weighted by Gasteiger charge is -2.13. The van der Waals surface area contributed by atoms with Crippen molar-refractivity contribution in [1.82, 2.24) is 30.0 Å². The summed E-state index contributed by atoms with van der Waals surface area (Å²) in [5.74, 6) is -0.100. The zero-order valence-corrected chi connectivity index (χ0v) is 14.6. The van der Waals surface area contributed by atoms with Gasteiger partial charge in [0.1, 0.15) is 18.0 Å². The highest BCUT2D eigenvalue weighted by Crippen LogP contribution is 2.24. The Morgan fingerprint density at radius 2 is 2.20 bits per heavy atom. The number of hydrogen-bond donors (Lipinski definition) is 2. The summed E-state index contributed by atoms with van der Waals surface area (Å²) in [7, 11) is 0. The van der Waals surface area contributed by atoms with E-state index in [0.717, 1.165) is 22.3 Å². The van der Waals surface area contributed by atoms with E-state index in [1.165, 1.54) is 6.33 Å². The number of carbonyl (C=O) groups is 1. The maximum absolute atomic E-state index is 12.2. The van der Waals surface area contributed by atoms with Crippen molar-refractivity contribution >= 4 is 16.9 Å². The topological polar surface area (TPSA) is 97.7 Å². The van der Waals surface area contributed by atoms with Crippen LogP contribution in [-0.2, 0) is 9.53 Å². The predicted octanol–water partition coefficient (Wildman–Crippen LogP) is 1.92. The van der Waals surface area contributed by atoms with Gasteiger partial charge in [0.15, 0.2) is 0 Å². The van der Waals surface area contributed by atoms with Gasteiger partial charge in [-0.25, -0.2) is 9.97 Å². The summed E-state index contributed by atoms with van der Waals surface area (Å²) in [6.07, 6.45) is 7.02. The van der Waals surface area contributed by atoms with Gasteiger partial charge in [0, 0.05) is 29.9 Å². The summed E-state index contributed by atoms with van der Waals surface area (Å²) < 4.78 is 7.05. The highest BCUT2D eigenvalue weighted by atomic mass is 16.5. The molecule has 25 heavy (non-hydrogen) atoms. The van der Waals surface area contributed by atoms with E-state index in [0.29, 0.717) is 13.2 Å². The molecule has 0 bridgehead atoms. The lowest BCUT2D eigenvalue weighted by Crippen LogP contribution is -2.33. The number of nitrogens with zero attached hydrogens (tertiary/aromatic N) is 4. The van der Waals surface area contributed by atoms with Crippen molar-refractivity contribution in [3.8, 4) is 11.3 Å². The monoisotopic (exact) mass is 342 g/mol. The molecule has 0 saturated heterocycles. The van der Waals surface area contributed by atoms with Crippen molar-refractivity contribution in [2.75, 3.05) is 13.2 Å². The average Bonchev–Trinajstić information content (AvgIpc) is 3.26. The van der Waals surface area contributed by atoms with E-state index in [-0.39, 0.29) is 12.0 Å². The van der Waals surface area contributed by atoms with E-state index in [1.54, 1.807) is 17.8 Å². The molecule has 0 aliphatic heterocycles. The van der Waals surface area contributed by atoms with E-state index in [2.05, 4.69) is 25.4 Å². The number of ether oxygens (including phenoxy) is 1. The zero-order valence-electron chi connectivity index (χ0n) is 14.6. The second-order valence-corrected chi connectivity index (χ2v) is 6.06. The van der Waals surface area contributed by atoms with Crippen LogP contribution >= 0.6 is 0 Å². The molecule has 2 N–H and O–H groups in total. The Labute approximate surface area is 145 Å². The average molecular weight is 342 g/mol. The third kappa shape index (κ3) is 3.85. The summed E-state index contributed by atoms with van der Waals surface area (Å²) in [5.41, 5.74) is 2.40. The first kappa shape index (κ1) is 17.1. The largest absolute Gasteiger partial charge is 0.377 e. The Morgan fingerprint density at radius 1 is 1.36 bits per heavy atom. The molecule has 0 fully saturated rings.